The SMILES string of the molecule is Cc1nc(C2CC=NN2C(=O)N2CC(Oc3cc(-c4c(C)cnn4C)ncc3Cl)C2)cs1. The number of nitrogens with zero attached hydrogens (tertiary/aromatic N) is 7. The number of pyridine rings is 1. The molecule has 0 spiro atoms. The van der Waals surface area contributed by atoms with Gasteiger partial charge < -0.3 is 9.64 Å². The fraction of sp³-hybridized carbons (Fsp3) is 0.381. The number of amides is 2. The van der Waals surface area contributed by atoms with E-state index in [9.17, 15) is 4.79 Å². The minimum atomic E-state index is -0.147. The van der Waals surface area contributed by atoms with Gasteiger partial charge in [-0.2, -0.15) is 10.2 Å². The van der Waals surface area contributed by atoms with E-state index in [1.165, 1.54) is 5.01 Å². The van der Waals surface area contributed by atoms with Crippen molar-refractivity contribution < 1.29 is 9.53 Å². The normalized spacial score (nSPS) is 18.3. The maximum atomic E-state index is 13.0. The number of hydrogen-bond donors (Lipinski definition) is 0. The molecule has 1 atom stereocenters. The molecule has 0 aliphatic carbocycles. The summed E-state index contributed by atoms with van der Waals surface area (Å²) < 4.78 is 7.87. The van der Waals surface area contributed by atoms with Gasteiger partial charge in [0.25, 0.3) is 0 Å². The molecule has 3 aromatic rings. The Morgan fingerprint density at radius 2 is 2.09 bits per heavy atom. The first kappa shape index (κ1) is 20.9. The zero-order chi connectivity index (χ0) is 22.4. The third-order valence-electron chi connectivity index (χ3n) is 5.60. The Hall–Kier alpha value is -2.98. The maximum absolute atomic E-state index is 13.0. The van der Waals surface area contributed by atoms with Crippen LogP contribution >= 0.6 is 22.9 Å². The van der Waals surface area contributed by atoms with E-state index in [1.807, 2.05) is 32.3 Å². The highest BCUT2D eigenvalue weighted by molar-refractivity contribution is 7.09. The molecular weight excluding hydrogens is 450 g/mol. The van der Waals surface area contributed by atoms with Crippen molar-refractivity contribution in [3.8, 4) is 17.1 Å². The highest BCUT2D eigenvalue weighted by Gasteiger charge is 2.39. The van der Waals surface area contributed by atoms with E-state index in [0.717, 1.165) is 27.7 Å². The van der Waals surface area contributed by atoms with E-state index in [0.29, 0.717) is 30.3 Å². The molecule has 9 nitrogen and oxygen atoms in total. The van der Waals surface area contributed by atoms with E-state index >= 15 is 0 Å². The number of urea groups is 1. The standard InChI is InChI=1S/C21H22ClN7O2S/c1-12-7-25-27(3)20(12)16-6-19(15(22)8-23-16)31-14-9-28(10-14)21(30)29-18(4-5-24-29)17-11-32-13(2)26-17/h5-8,11,14,18H,4,9-10H2,1-3H3. The fourth-order valence-electron chi connectivity index (χ4n) is 3.93. The van der Waals surface area contributed by atoms with Crippen molar-refractivity contribution in [2.45, 2.75) is 32.4 Å². The monoisotopic (exact) mass is 471 g/mol. The molecule has 5 heterocycles. The van der Waals surface area contributed by atoms with Gasteiger partial charge >= 0.3 is 6.03 Å². The fourth-order valence-corrected chi connectivity index (χ4v) is 4.73. The van der Waals surface area contributed by atoms with Crippen LogP contribution in [0, 0.1) is 13.8 Å². The number of carbonyl (C=O) groups is 1. The highest BCUT2D eigenvalue weighted by Crippen LogP contribution is 2.33. The minimum Gasteiger partial charge on any atom is -0.485 e. The van der Waals surface area contributed by atoms with Crippen LogP contribution in [0.2, 0.25) is 5.02 Å². The zero-order valence-corrected chi connectivity index (χ0v) is 19.5. The van der Waals surface area contributed by atoms with Crippen LogP contribution in [0.5, 0.6) is 5.75 Å². The quantitative estimate of drug-likeness (QED) is 0.577. The lowest BCUT2D eigenvalue weighted by Gasteiger charge is -2.40. The van der Waals surface area contributed by atoms with Crippen molar-refractivity contribution in [1.29, 1.82) is 0 Å². The summed E-state index contributed by atoms with van der Waals surface area (Å²) in [7, 11) is 1.87. The van der Waals surface area contributed by atoms with Crippen LogP contribution in [0.3, 0.4) is 0 Å². The Balaban J connectivity index is 1.24. The highest BCUT2D eigenvalue weighted by atomic mass is 35.5. The van der Waals surface area contributed by atoms with Gasteiger partial charge in [-0.3, -0.25) is 9.67 Å². The number of hydrazone groups is 1. The van der Waals surface area contributed by atoms with Crippen molar-refractivity contribution in [1.82, 2.24) is 29.7 Å². The molecule has 0 bridgehead atoms. The molecule has 1 unspecified atom stereocenters. The van der Waals surface area contributed by atoms with Gasteiger partial charge in [0.1, 0.15) is 22.9 Å². The molecule has 1 saturated heterocycles. The van der Waals surface area contributed by atoms with Gasteiger partial charge in [0, 0.05) is 31.1 Å². The van der Waals surface area contributed by atoms with Gasteiger partial charge in [-0.1, -0.05) is 11.6 Å². The Kier molecular flexibility index (Phi) is 5.34. The van der Waals surface area contributed by atoms with E-state index in [2.05, 4.69) is 20.2 Å². The first-order chi connectivity index (χ1) is 15.4. The van der Waals surface area contributed by atoms with Crippen LogP contribution in [0.15, 0.2) is 28.9 Å². The minimum absolute atomic E-state index is 0.138. The number of carbonyl (C=O) groups excluding carboxylic acids is 1. The van der Waals surface area contributed by atoms with Gasteiger partial charge in [-0.15, -0.1) is 11.3 Å². The molecule has 0 radical (unpaired) electrons. The Morgan fingerprint density at radius 1 is 1.28 bits per heavy atom. The third-order valence-corrected chi connectivity index (χ3v) is 6.68. The third kappa shape index (κ3) is 3.73. The average Bonchev–Trinajstić information content (AvgIpc) is 3.46. The summed E-state index contributed by atoms with van der Waals surface area (Å²) in [6.45, 7) is 4.87. The predicted octanol–water partition coefficient (Wildman–Crippen LogP) is 3.82. The molecule has 3 aromatic heterocycles. The predicted molar refractivity (Wildman–Crippen MR) is 122 cm³/mol. The maximum Gasteiger partial charge on any atom is 0.341 e. The van der Waals surface area contributed by atoms with Crippen LogP contribution in [0.4, 0.5) is 4.79 Å². The van der Waals surface area contributed by atoms with Gasteiger partial charge in [-0.05, 0) is 19.4 Å². The van der Waals surface area contributed by atoms with Gasteiger partial charge in [0.05, 0.1) is 47.6 Å². The summed E-state index contributed by atoms with van der Waals surface area (Å²) in [5.74, 6) is 0.546. The lowest BCUT2D eigenvalue weighted by Crippen LogP contribution is -2.58. The van der Waals surface area contributed by atoms with E-state index in [-0.39, 0.29) is 18.2 Å². The van der Waals surface area contributed by atoms with Crippen LogP contribution in [0.25, 0.3) is 11.4 Å². The lowest BCUT2D eigenvalue weighted by atomic mass is 10.1. The zero-order valence-electron chi connectivity index (χ0n) is 17.9. The van der Waals surface area contributed by atoms with Crippen molar-refractivity contribution >= 4 is 35.2 Å². The van der Waals surface area contributed by atoms with Crippen LogP contribution < -0.4 is 4.74 Å². The Morgan fingerprint density at radius 3 is 2.78 bits per heavy atom. The van der Waals surface area contributed by atoms with Crippen LogP contribution in [0.1, 0.15) is 28.7 Å². The number of aromatic nitrogens is 4. The lowest BCUT2D eigenvalue weighted by molar-refractivity contribution is 0.0276. The van der Waals surface area contributed by atoms with Gasteiger partial charge in [0.2, 0.25) is 0 Å². The molecule has 2 amide bonds. The van der Waals surface area contributed by atoms with Gasteiger partial charge in [0.15, 0.2) is 0 Å². The van der Waals surface area contributed by atoms with Crippen molar-refractivity contribution in [3.63, 3.8) is 0 Å². The molecule has 1 fully saturated rings. The summed E-state index contributed by atoms with van der Waals surface area (Å²) in [6, 6.07) is 1.54. The number of thiazole rings is 1. The van der Waals surface area contributed by atoms with Crippen LogP contribution in [-0.4, -0.2) is 61.1 Å². The molecule has 0 saturated carbocycles. The molecule has 166 valence electrons. The average molecular weight is 472 g/mol. The van der Waals surface area contributed by atoms with E-state index in [4.69, 9.17) is 16.3 Å². The molecular formula is C21H22ClN7O2S. The number of aryl methyl sites for hydroxylation is 3. The molecule has 0 N–H and O–H groups in total. The molecule has 2 aliphatic heterocycles. The Labute approximate surface area is 194 Å². The first-order valence-electron chi connectivity index (χ1n) is 10.2. The summed E-state index contributed by atoms with van der Waals surface area (Å²) in [5.41, 5.74) is 3.55. The number of rotatable bonds is 4. The molecule has 32 heavy (non-hydrogen) atoms. The Bertz CT molecular complexity index is 1180. The molecule has 11 heteroatoms. The summed E-state index contributed by atoms with van der Waals surface area (Å²) in [5, 5.41) is 13.5. The molecule has 2 aliphatic rings. The topological polar surface area (TPSA) is 88.7 Å². The van der Waals surface area contributed by atoms with E-state index in [1.54, 1.807) is 39.5 Å². The second-order valence-corrected chi connectivity index (χ2v) is 9.38. The summed E-state index contributed by atoms with van der Waals surface area (Å²) >= 11 is 7.91. The second kappa shape index (κ2) is 8.18. The smallest absolute Gasteiger partial charge is 0.341 e. The number of likely N-dealkylation sites (tertiary alicyclic amines) is 1. The molecule has 5 rings (SSSR count). The second-order valence-electron chi connectivity index (χ2n) is 7.91. The first-order valence-corrected chi connectivity index (χ1v) is 11.5. The summed E-state index contributed by atoms with van der Waals surface area (Å²) in [6.07, 6.45) is 5.67. The van der Waals surface area contributed by atoms with Crippen LogP contribution in [-0.2, 0) is 7.05 Å². The van der Waals surface area contributed by atoms with Crippen molar-refractivity contribution in [2.75, 3.05) is 13.1 Å². The van der Waals surface area contributed by atoms with Crippen molar-refractivity contribution in [2.24, 2.45) is 12.1 Å². The van der Waals surface area contributed by atoms with Crippen molar-refractivity contribution in [3.05, 3.63) is 45.1 Å². The van der Waals surface area contributed by atoms with Gasteiger partial charge in [-0.25, -0.2) is 14.8 Å². The largest absolute Gasteiger partial charge is 0.485 e. The summed E-state index contributed by atoms with van der Waals surface area (Å²) in [4.78, 5) is 23.7. The number of hydrogen-bond acceptors (Lipinski definition) is 7. The van der Waals surface area contributed by atoms with E-state index < -0.39 is 0 Å². The number of halogens is 1. The number of ether oxygens (including phenoxy) is 1. The molecule has 0 aromatic carbocycles.